The number of allylic oxidation sites excluding steroid dienone is 1. The van der Waals surface area contributed by atoms with Crippen LogP contribution in [0.5, 0.6) is 0 Å². The quantitative estimate of drug-likeness (QED) is 0.810. The number of nitrogens with zero attached hydrogens (tertiary/aromatic N) is 1. The average molecular weight is 343 g/mol. The summed E-state index contributed by atoms with van der Waals surface area (Å²) in [7, 11) is 0. The monoisotopic (exact) mass is 343 g/mol. The topological polar surface area (TPSA) is 74.6 Å². The molecule has 6 nitrogen and oxygen atoms in total. The van der Waals surface area contributed by atoms with Crippen LogP contribution in [0.25, 0.3) is 0 Å². The van der Waals surface area contributed by atoms with Crippen LogP contribution in [0, 0.1) is 12.8 Å². The van der Waals surface area contributed by atoms with Gasteiger partial charge in [-0.05, 0) is 32.3 Å². The molecular formula is C15H16F3N3O3. The van der Waals surface area contributed by atoms with E-state index in [9.17, 15) is 22.8 Å². The van der Waals surface area contributed by atoms with Crippen molar-refractivity contribution in [1.29, 1.82) is 0 Å². The summed E-state index contributed by atoms with van der Waals surface area (Å²) in [6.45, 7) is 3.66. The average Bonchev–Trinajstić information content (AvgIpc) is 3.04. The number of furan rings is 1. The maximum atomic E-state index is 12.9. The van der Waals surface area contributed by atoms with E-state index in [4.69, 9.17) is 0 Å². The van der Waals surface area contributed by atoms with E-state index in [1.807, 2.05) is 0 Å². The van der Waals surface area contributed by atoms with E-state index in [-0.39, 0.29) is 5.76 Å². The zero-order valence-electron chi connectivity index (χ0n) is 13.1. The predicted octanol–water partition coefficient (Wildman–Crippen LogP) is 2.58. The van der Waals surface area contributed by atoms with Gasteiger partial charge < -0.3 is 9.73 Å². The van der Waals surface area contributed by atoms with E-state index < -0.39 is 35.4 Å². The Bertz CT molecular complexity index is 736. The summed E-state index contributed by atoms with van der Waals surface area (Å²) in [5.41, 5.74) is 3.52. The lowest BCUT2D eigenvalue weighted by Gasteiger charge is -2.32. The molecule has 130 valence electrons. The minimum Gasteiger partial charge on any atom is -0.455 e. The van der Waals surface area contributed by atoms with Gasteiger partial charge in [0.25, 0.3) is 5.91 Å². The van der Waals surface area contributed by atoms with Crippen LogP contribution in [-0.2, 0) is 15.8 Å². The molecule has 0 aliphatic carbocycles. The second kappa shape index (κ2) is 5.57. The largest absolute Gasteiger partial charge is 0.455 e. The van der Waals surface area contributed by atoms with Crippen LogP contribution in [0.2, 0.25) is 0 Å². The molecule has 1 saturated heterocycles. The predicted molar refractivity (Wildman–Crippen MR) is 77.3 cm³/mol. The van der Waals surface area contributed by atoms with Crippen LogP contribution in [0.3, 0.4) is 0 Å². The molecule has 0 spiro atoms. The van der Waals surface area contributed by atoms with Crippen molar-refractivity contribution < 1.29 is 27.2 Å². The number of nitrogens with one attached hydrogen (secondary N) is 2. The van der Waals surface area contributed by atoms with Crippen molar-refractivity contribution in [3.05, 3.63) is 28.9 Å². The van der Waals surface area contributed by atoms with E-state index in [1.54, 1.807) is 11.9 Å². The second-order valence-corrected chi connectivity index (χ2v) is 5.88. The Morgan fingerprint density at radius 2 is 2.12 bits per heavy atom. The molecule has 3 rings (SSSR count). The number of anilines is 1. The summed E-state index contributed by atoms with van der Waals surface area (Å²) < 4.78 is 43.5. The molecule has 2 aliphatic heterocycles. The molecule has 1 aromatic heterocycles. The number of alkyl halides is 3. The Balaban J connectivity index is 1.88. The van der Waals surface area contributed by atoms with Crippen LogP contribution in [0.4, 0.5) is 18.9 Å². The van der Waals surface area contributed by atoms with Crippen molar-refractivity contribution >= 4 is 17.5 Å². The van der Waals surface area contributed by atoms with Gasteiger partial charge in [0.2, 0.25) is 11.7 Å². The third-order valence-corrected chi connectivity index (χ3v) is 4.15. The lowest BCUT2D eigenvalue weighted by Crippen LogP contribution is -2.50. The Kier molecular flexibility index (Phi) is 3.81. The fraction of sp³-hybridized carbons (Fsp3) is 0.467. The highest BCUT2D eigenvalue weighted by Gasteiger charge is 2.41. The first kappa shape index (κ1) is 16.4. The normalized spacial score (nSPS) is 21.0. The van der Waals surface area contributed by atoms with Gasteiger partial charge in [0, 0.05) is 18.3 Å². The SMILES string of the molecule is CC1=C2CCCN2NC(=O)C1C(=O)Nc1cc(C)oc1C(F)(F)F. The summed E-state index contributed by atoms with van der Waals surface area (Å²) >= 11 is 0. The third-order valence-electron chi connectivity index (χ3n) is 4.15. The van der Waals surface area contributed by atoms with E-state index in [0.717, 1.165) is 18.2 Å². The van der Waals surface area contributed by atoms with Crippen molar-refractivity contribution in [2.45, 2.75) is 32.9 Å². The minimum absolute atomic E-state index is 0.0164. The van der Waals surface area contributed by atoms with Crippen LogP contribution in [0.15, 0.2) is 21.8 Å². The van der Waals surface area contributed by atoms with Gasteiger partial charge in [0.15, 0.2) is 0 Å². The number of amides is 2. The fourth-order valence-corrected chi connectivity index (χ4v) is 3.11. The smallest absolute Gasteiger partial charge is 0.451 e. The summed E-state index contributed by atoms with van der Waals surface area (Å²) in [5, 5.41) is 3.87. The van der Waals surface area contributed by atoms with Crippen molar-refractivity contribution in [2.75, 3.05) is 11.9 Å². The molecule has 0 saturated carbocycles. The third kappa shape index (κ3) is 2.74. The Morgan fingerprint density at radius 3 is 2.79 bits per heavy atom. The van der Waals surface area contributed by atoms with Crippen molar-refractivity contribution in [3.63, 3.8) is 0 Å². The molecule has 0 bridgehead atoms. The second-order valence-electron chi connectivity index (χ2n) is 5.88. The first-order chi connectivity index (χ1) is 11.2. The van der Waals surface area contributed by atoms with Crippen molar-refractivity contribution in [2.24, 2.45) is 5.92 Å². The molecule has 24 heavy (non-hydrogen) atoms. The number of hydrogen-bond donors (Lipinski definition) is 2. The van der Waals surface area contributed by atoms with Gasteiger partial charge in [-0.15, -0.1) is 0 Å². The summed E-state index contributed by atoms with van der Waals surface area (Å²) in [6.07, 6.45) is -3.17. The number of halogens is 3. The molecule has 1 atom stereocenters. The molecular weight excluding hydrogens is 327 g/mol. The molecule has 1 aromatic rings. The first-order valence-corrected chi connectivity index (χ1v) is 7.44. The molecule has 2 N–H and O–H groups in total. The van der Waals surface area contributed by atoms with Gasteiger partial charge in [-0.1, -0.05) is 0 Å². The number of fused-ring (bicyclic) bond motifs is 1. The van der Waals surface area contributed by atoms with Crippen LogP contribution in [0.1, 0.15) is 31.3 Å². The zero-order valence-corrected chi connectivity index (χ0v) is 13.1. The van der Waals surface area contributed by atoms with Crippen molar-refractivity contribution in [3.8, 4) is 0 Å². The maximum Gasteiger partial charge on any atom is 0.451 e. The number of carbonyl (C=O) groups excluding carboxylic acids is 2. The number of carbonyl (C=O) groups is 2. The lowest BCUT2D eigenvalue weighted by molar-refractivity contribution is -0.152. The molecule has 2 amide bonds. The number of hydrazine groups is 1. The van der Waals surface area contributed by atoms with Gasteiger partial charge in [0.05, 0.1) is 5.69 Å². The number of aryl methyl sites for hydroxylation is 1. The highest BCUT2D eigenvalue weighted by molar-refractivity contribution is 6.09. The first-order valence-electron chi connectivity index (χ1n) is 7.44. The lowest BCUT2D eigenvalue weighted by atomic mass is 9.94. The molecule has 1 fully saturated rings. The molecule has 0 aromatic carbocycles. The van der Waals surface area contributed by atoms with Crippen LogP contribution >= 0.6 is 0 Å². The van der Waals surface area contributed by atoms with E-state index in [1.165, 1.54) is 6.92 Å². The fourth-order valence-electron chi connectivity index (χ4n) is 3.11. The van der Waals surface area contributed by atoms with Crippen LogP contribution in [-0.4, -0.2) is 23.4 Å². The molecule has 3 heterocycles. The van der Waals surface area contributed by atoms with Gasteiger partial charge in [-0.2, -0.15) is 13.2 Å². The minimum atomic E-state index is -4.73. The van der Waals surface area contributed by atoms with Gasteiger partial charge >= 0.3 is 6.18 Å². The molecule has 2 aliphatic rings. The van der Waals surface area contributed by atoms with Crippen molar-refractivity contribution in [1.82, 2.24) is 10.4 Å². The van der Waals surface area contributed by atoms with E-state index in [2.05, 4.69) is 15.2 Å². The molecule has 1 unspecified atom stereocenters. The van der Waals surface area contributed by atoms with E-state index >= 15 is 0 Å². The molecule has 9 heteroatoms. The van der Waals surface area contributed by atoms with E-state index in [0.29, 0.717) is 18.5 Å². The highest BCUT2D eigenvalue weighted by Crippen LogP contribution is 2.38. The van der Waals surface area contributed by atoms with Gasteiger partial charge in [0.1, 0.15) is 11.7 Å². The summed E-state index contributed by atoms with van der Waals surface area (Å²) in [6, 6.07) is 1.09. The highest BCUT2D eigenvalue weighted by atomic mass is 19.4. The summed E-state index contributed by atoms with van der Waals surface area (Å²) in [5.74, 6) is -3.79. The maximum absolute atomic E-state index is 12.9. The van der Waals surface area contributed by atoms with Crippen LogP contribution < -0.4 is 10.7 Å². The number of hydrogen-bond acceptors (Lipinski definition) is 4. The zero-order chi connectivity index (χ0) is 17.6. The Labute approximate surface area is 135 Å². The Morgan fingerprint density at radius 1 is 1.42 bits per heavy atom. The van der Waals surface area contributed by atoms with Gasteiger partial charge in [-0.25, -0.2) is 0 Å². The standard InChI is InChI=1S/C15H16F3N3O3/c1-7-6-9(12(24-7)15(16,17)18)19-13(22)11-8(2)10-4-3-5-21(10)20-14(11)23/h6,11H,3-5H2,1-2H3,(H,19,22)(H,20,23). The van der Waals surface area contributed by atoms with Gasteiger partial charge in [-0.3, -0.25) is 20.0 Å². The summed E-state index contributed by atoms with van der Waals surface area (Å²) in [4.78, 5) is 24.6. The Hall–Kier alpha value is -2.45. The number of rotatable bonds is 2. The molecule has 0 radical (unpaired) electrons.